The minimum atomic E-state index is -1.22. The number of carbonyl (C=O) groups is 3. The van der Waals surface area contributed by atoms with Crippen molar-refractivity contribution >= 4 is 17.7 Å². The SMILES string of the molecule is CC=C(C)C(=O)OC1C2C3(C)CCC(OC4CC(OC)C(OC5OC(C)C(O)C(OC)C5O)C(C)O4)CC3CCC23OC32CCC(C(C)=O)C2(C)C1OC(=O)C(C)=CC. The molecule has 2 spiro atoms. The lowest BCUT2D eigenvalue weighted by atomic mass is 9.43. The Morgan fingerprint density at radius 2 is 1.42 bits per heavy atom. The van der Waals surface area contributed by atoms with Crippen LogP contribution in [0.1, 0.15) is 114 Å². The number of hydrogen-bond acceptors (Lipinski definition) is 14. The molecule has 19 atom stereocenters. The van der Waals surface area contributed by atoms with Crippen LogP contribution < -0.4 is 0 Å². The van der Waals surface area contributed by atoms with E-state index in [1.54, 1.807) is 60.8 Å². The summed E-state index contributed by atoms with van der Waals surface area (Å²) in [6, 6.07) is 0. The van der Waals surface area contributed by atoms with Gasteiger partial charge in [-0.05, 0) is 105 Å². The molecule has 4 saturated carbocycles. The molecule has 0 amide bonds. The summed E-state index contributed by atoms with van der Waals surface area (Å²) in [6.07, 6.45) is 0.150. The molecule has 4 aliphatic carbocycles. The second-order valence-electron chi connectivity index (χ2n) is 19.0. The van der Waals surface area contributed by atoms with E-state index in [9.17, 15) is 24.6 Å². The Labute approximate surface area is 348 Å². The lowest BCUT2D eigenvalue weighted by molar-refractivity contribution is -0.343. The van der Waals surface area contributed by atoms with Gasteiger partial charge in [-0.1, -0.05) is 26.0 Å². The van der Waals surface area contributed by atoms with Crippen molar-refractivity contribution in [2.75, 3.05) is 14.2 Å². The minimum absolute atomic E-state index is 0.0199. The molecule has 14 heteroatoms. The Morgan fingerprint density at radius 1 is 0.746 bits per heavy atom. The smallest absolute Gasteiger partial charge is 0.333 e. The van der Waals surface area contributed by atoms with Crippen LogP contribution in [0.3, 0.4) is 0 Å². The summed E-state index contributed by atoms with van der Waals surface area (Å²) < 4.78 is 56.9. The van der Waals surface area contributed by atoms with Crippen LogP contribution in [0.5, 0.6) is 0 Å². The number of epoxide rings is 1. The van der Waals surface area contributed by atoms with E-state index < -0.39 is 102 Å². The molecule has 7 aliphatic rings. The second kappa shape index (κ2) is 16.5. The van der Waals surface area contributed by atoms with Crippen molar-refractivity contribution in [2.45, 2.75) is 199 Å². The van der Waals surface area contributed by atoms with Crippen molar-refractivity contribution in [3.8, 4) is 0 Å². The van der Waals surface area contributed by atoms with E-state index >= 15 is 0 Å². The minimum Gasteiger partial charge on any atom is -0.455 e. The van der Waals surface area contributed by atoms with E-state index in [2.05, 4.69) is 6.92 Å². The molecule has 0 aromatic carbocycles. The number of ether oxygens (including phenoxy) is 9. The molecule has 0 aromatic rings. The standard InChI is InChI=1S/C45H68O14/c1-12-22(3)39(49)56-36-37-42(8)17-15-28(55-31-21-30(51-10)34(26(7)53-31)57-41-33(48)35(52-11)32(47)25(6)54-41)20-27(42)14-18-44(37)45(59-44)19-16-29(24(5)46)43(45,9)38(36)58-40(50)23(4)13-2/h12-13,25-38,41,47-48H,14-21H2,1-11H3. The normalized spacial score (nSPS) is 49.5. The highest BCUT2D eigenvalue weighted by atomic mass is 16.7. The van der Waals surface area contributed by atoms with Crippen LogP contribution in [0, 0.1) is 28.6 Å². The predicted molar refractivity (Wildman–Crippen MR) is 211 cm³/mol. The Morgan fingerprint density at radius 3 is 2.05 bits per heavy atom. The van der Waals surface area contributed by atoms with Crippen molar-refractivity contribution < 1.29 is 67.2 Å². The number of methoxy groups -OCH3 is 2. The van der Waals surface area contributed by atoms with Crippen LogP contribution in [0.25, 0.3) is 0 Å². The number of aliphatic hydroxyl groups is 2. The van der Waals surface area contributed by atoms with Crippen LogP contribution in [0.4, 0.5) is 0 Å². The molecule has 3 saturated heterocycles. The van der Waals surface area contributed by atoms with Gasteiger partial charge < -0.3 is 52.8 Å². The fourth-order valence-corrected chi connectivity index (χ4v) is 12.8. The number of esters is 2. The molecule has 19 unspecified atom stereocenters. The summed E-state index contributed by atoms with van der Waals surface area (Å²) in [6.45, 7) is 16.5. The molecule has 0 bridgehead atoms. The van der Waals surface area contributed by atoms with Gasteiger partial charge in [0.1, 0.15) is 53.6 Å². The quantitative estimate of drug-likeness (QED) is 0.125. The maximum atomic E-state index is 13.9. The molecular weight excluding hydrogens is 764 g/mol. The van der Waals surface area contributed by atoms with E-state index in [1.807, 2.05) is 13.8 Å². The van der Waals surface area contributed by atoms with Gasteiger partial charge in [-0.15, -0.1) is 0 Å². The average molecular weight is 833 g/mol. The molecule has 7 rings (SSSR count). The summed E-state index contributed by atoms with van der Waals surface area (Å²) in [5, 5.41) is 21.4. The van der Waals surface area contributed by atoms with Crippen molar-refractivity contribution in [3.05, 3.63) is 23.3 Å². The van der Waals surface area contributed by atoms with Crippen LogP contribution in [-0.2, 0) is 57.0 Å². The lowest BCUT2D eigenvalue weighted by Crippen LogP contribution is -2.70. The molecule has 7 fully saturated rings. The zero-order chi connectivity index (χ0) is 43.0. The molecule has 332 valence electrons. The van der Waals surface area contributed by atoms with E-state index in [0.29, 0.717) is 36.8 Å². The Hall–Kier alpha value is -2.27. The third-order valence-corrected chi connectivity index (χ3v) is 16.2. The number of Topliss-reactive ketones (excluding diaryl/α,β-unsaturated/α-hetero) is 1. The maximum absolute atomic E-state index is 13.9. The van der Waals surface area contributed by atoms with E-state index in [-0.39, 0.29) is 29.1 Å². The highest BCUT2D eigenvalue weighted by molar-refractivity contribution is 5.89. The first-order valence-electron chi connectivity index (χ1n) is 21.8. The van der Waals surface area contributed by atoms with Crippen molar-refractivity contribution in [3.63, 3.8) is 0 Å². The van der Waals surface area contributed by atoms with Crippen LogP contribution in [0.15, 0.2) is 23.3 Å². The summed E-state index contributed by atoms with van der Waals surface area (Å²) >= 11 is 0. The monoisotopic (exact) mass is 832 g/mol. The molecule has 59 heavy (non-hydrogen) atoms. The average Bonchev–Trinajstić information content (AvgIpc) is 3.75. The second-order valence-corrected chi connectivity index (χ2v) is 19.0. The molecule has 3 heterocycles. The molecular formula is C45H68O14. The number of allylic oxidation sites excluding steroid dienone is 2. The van der Waals surface area contributed by atoms with Crippen LogP contribution >= 0.6 is 0 Å². The summed E-state index contributed by atoms with van der Waals surface area (Å²) in [5.41, 5.74) is -1.73. The predicted octanol–water partition coefficient (Wildman–Crippen LogP) is 4.89. The lowest BCUT2D eigenvalue weighted by Gasteiger charge is -2.61. The zero-order valence-electron chi connectivity index (χ0n) is 36.8. The number of ketones is 1. The van der Waals surface area contributed by atoms with Crippen molar-refractivity contribution in [2.24, 2.45) is 28.6 Å². The number of rotatable bonds is 11. The van der Waals surface area contributed by atoms with Gasteiger partial charge in [-0.3, -0.25) is 4.79 Å². The van der Waals surface area contributed by atoms with Gasteiger partial charge in [0.2, 0.25) is 0 Å². The Bertz CT molecular complexity index is 1680. The van der Waals surface area contributed by atoms with Gasteiger partial charge in [-0.2, -0.15) is 0 Å². The molecule has 3 aliphatic heterocycles. The molecule has 0 radical (unpaired) electrons. The number of aliphatic hydroxyl groups excluding tert-OH is 2. The van der Waals surface area contributed by atoms with Gasteiger partial charge >= 0.3 is 11.9 Å². The van der Waals surface area contributed by atoms with Gasteiger partial charge in [0.15, 0.2) is 12.6 Å². The maximum Gasteiger partial charge on any atom is 0.333 e. The molecule has 2 N–H and O–H groups in total. The zero-order valence-corrected chi connectivity index (χ0v) is 36.8. The first kappa shape index (κ1) is 44.8. The number of fused-ring (bicyclic) bond motifs is 2. The van der Waals surface area contributed by atoms with Crippen molar-refractivity contribution in [1.29, 1.82) is 0 Å². The van der Waals surface area contributed by atoms with Gasteiger partial charge in [0, 0.05) is 49.0 Å². The summed E-state index contributed by atoms with van der Waals surface area (Å²) in [7, 11) is 3.04. The summed E-state index contributed by atoms with van der Waals surface area (Å²) in [4.78, 5) is 41.1. The van der Waals surface area contributed by atoms with Crippen molar-refractivity contribution in [1.82, 2.24) is 0 Å². The van der Waals surface area contributed by atoms with Gasteiger partial charge in [-0.25, -0.2) is 9.59 Å². The fourth-order valence-electron chi connectivity index (χ4n) is 12.8. The largest absolute Gasteiger partial charge is 0.455 e. The highest BCUT2D eigenvalue weighted by Crippen LogP contribution is 2.81. The van der Waals surface area contributed by atoms with E-state index in [4.69, 9.17) is 42.6 Å². The highest BCUT2D eigenvalue weighted by Gasteiger charge is 2.91. The number of carbonyl (C=O) groups excluding carboxylic acids is 3. The van der Waals surface area contributed by atoms with Crippen LogP contribution in [-0.4, -0.2) is 127 Å². The van der Waals surface area contributed by atoms with Crippen LogP contribution in [0.2, 0.25) is 0 Å². The van der Waals surface area contributed by atoms with E-state index in [0.717, 1.165) is 25.7 Å². The van der Waals surface area contributed by atoms with Gasteiger partial charge in [0.25, 0.3) is 0 Å². The Balaban J connectivity index is 1.12. The summed E-state index contributed by atoms with van der Waals surface area (Å²) in [5.74, 6) is -1.51. The fraction of sp³-hybridized carbons (Fsp3) is 0.844. The van der Waals surface area contributed by atoms with Gasteiger partial charge in [0.05, 0.1) is 24.4 Å². The third-order valence-electron chi connectivity index (χ3n) is 16.2. The topological polar surface area (TPSA) is 178 Å². The molecule has 0 aromatic heterocycles. The first-order chi connectivity index (χ1) is 27.9. The first-order valence-corrected chi connectivity index (χ1v) is 21.8. The molecule has 14 nitrogen and oxygen atoms in total. The number of hydrogen-bond donors (Lipinski definition) is 2. The Kier molecular flexibility index (Phi) is 12.5. The third kappa shape index (κ3) is 6.99. The van der Waals surface area contributed by atoms with E-state index in [1.165, 1.54) is 7.11 Å².